The summed E-state index contributed by atoms with van der Waals surface area (Å²) in [6.45, 7) is 6.56. The highest BCUT2D eigenvalue weighted by Crippen LogP contribution is 2.45. The monoisotopic (exact) mass is 270 g/mol. The van der Waals surface area contributed by atoms with Crippen LogP contribution in [-0.4, -0.2) is 0 Å². The summed E-state index contributed by atoms with van der Waals surface area (Å²) in [5.41, 5.74) is 8.96. The third-order valence-electron chi connectivity index (χ3n) is 3.61. The van der Waals surface area contributed by atoms with E-state index in [1.165, 1.54) is 16.2 Å². The standard InChI is InChI=1S/C16H18N2S/c1-4-16(2,3)15-13(11-8-6-5-7-9-11)14(18)12(10-17)19-15/h5-9H,4,18H2,1-3H3. The van der Waals surface area contributed by atoms with Gasteiger partial charge in [0.05, 0.1) is 5.69 Å². The van der Waals surface area contributed by atoms with Crippen LogP contribution in [0.3, 0.4) is 0 Å². The van der Waals surface area contributed by atoms with Crippen LogP contribution in [-0.2, 0) is 5.41 Å². The average Bonchev–Trinajstić information content (AvgIpc) is 2.77. The highest BCUT2D eigenvalue weighted by atomic mass is 32.1. The van der Waals surface area contributed by atoms with Gasteiger partial charge in [-0.1, -0.05) is 51.1 Å². The van der Waals surface area contributed by atoms with Gasteiger partial charge in [0.1, 0.15) is 10.9 Å². The van der Waals surface area contributed by atoms with Gasteiger partial charge in [-0.3, -0.25) is 0 Å². The lowest BCUT2D eigenvalue weighted by Gasteiger charge is -2.23. The van der Waals surface area contributed by atoms with Gasteiger partial charge in [0.2, 0.25) is 0 Å². The first kappa shape index (κ1) is 13.6. The van der Waals surface area contributed by atoms with E-state index in [4.69, 9.17) is 5.73 Å². The van der Waals surface area contributed by atoms with Gasteiger partial charge < -0.3 is 5.73 Å². The molecule has 19 heavy (non-hydrogen) atoms. The molecule has 0 amide bonds. The van der Waals surface area contributed by atoms with Crippen LogP contribution in [0.2, 0.25) is 0 Å². The minimum atomic E-state index is 0.0268. The van der Waals surface area contributed by atoms with Crippen molar-refractivity contribution in [3.05, 3.63) is 40.1 Å². The lowest BCUT2D eigenvalue weighted by Crippen LogP contribution is -2.14. The first-order valence-corrected chi connectivity index (χ1v) is 7.21. The molecule has 0 spiro atoms. The molecule has 0 fully saturated rings. The highest BCUT2D eigenvalue weighted by molar-refractivity contribution is 7.14. The molecule has 0 saturated carbocycles. The normalized spacial score (nSPS) is 11.3. The number of thiophene rings is 1. The van der Waals surface area contributed by atoms with E-state index < -0.39 is 0 Å². The van der Waals surface area contributed by atoms with Crippen molar-refractivity contribution in [2.24, 2.45) is 0 Å². The Kier molecular flexibility index (Phi) is 3.64. The number of nitrogens with zero attached hydrogens (tertiary/aromatic N) is 1. The van der Waals surface area contributed by atoms with Gasteiger partial charge in [0, 0.05) is 10.4 Å². The van der Waals surface area contributed by atoms with Crippen molar-refractivity contribution in [2.75, 3.05) is 5.73 Å². The minimum Gasteiger partial charge on any atom is -0.396 e. The van der Waals surface area contributed by atoms with Crippen LogP contribution < -0.4 is 5.73 Å². The molecule has 2 aromatic rings. The van der Waals surface area contributed by atoms with E-state index >= 15 is 0 Å². The maximum Gasteiger partial charge on any atom is 0.128 e. The topological polar surface area (TPSA) is 49.8 Å². The SMILES string of the molecule is CCC(C)(C)c1sc(C#N)c(N)c1-c1ccccc1. The van der Waals surface area contributed by atoms with Crippen LogP contribution in [0.4, 0.5) is 5.69 Å². The van der Waals surface area contributed by atoms with Crippen molar-refractivity contribution in [1.82, 2.24) is 0 Å². The van der Waals surface area contributed by atoms with E-state index in [0.717, 1.165) is 17.5 Å². The zero-order valence-electron chi connectivity index (χ0n) is 11.5. The van der Waals surface area contributed by atoms with Crippen LogP contribution in [0.25, 0.3) is 11.1 Å². The van der Waals surface area contributed by atoms with Gasteiger partial charge in [0.15, 0.2) is 0 Å². The van der Waals surface area contributed by atoms with Crippen LogP contribution in [0, 0.1) is 11.3 Å². The summed E-state index contributed by atoms with van der Waals surface area (Å²) in [6.07, 6.45) is 1.01. The fraction of sp³-hybridized carbons (Fsp3) is 0.312. The van der Waals surface area contributed by atoms with Crippen LogP contribution in [0.15, 0.2) is 30.3 Å². The number of hydrogen-bond donors (Lipinski definition) is 1. The molecule has 0 aliphatic carbocycles. The molecule has 1 aromatic heterocycles. The molecule has 0 unspecified atom stereocenters. The Bertz CT molecular complexity index is 618. The second kappa shape index (κ2) is 5.07. The number of nitrogens with two attached hydrogens (primary N) is 1. The van der Waals surface area contributed by atoms with Crippen LogP contribution >= 0.6 is 11.3 Å². The molecule has 0 atom stereocenters. The molecule has 2 N–H and O–H groups in total. The summed E-state index contributed by atoms with van der Waals surface area (Å²) in [6, 6.07) is 12.3. The summed E-state index contributed by atoms with van der Waals surface area (Å²) < 4.78 is 0. The molecule has 2 rings (SSSR count). The number of nitrogen functional groups attached to an aromatic ring is 1. The second-order valence-electron chi connectivity index (χ2n) is 5.26. The maximum atomic E-state index is 9.22. The molecular weight excluding hydrogens is 252 g/mol. The van der Waals surface area contributed by atoms with E-state index in [2.05, 4.69) is 39.0 Å². The number of anilines is 1. The smallest absolute Gasteiger partial charge is 0.128 e. The van der Waals surface area contributed by atoms with Crippen LogP contribution in [0.5, 0.6) is 0 Å². The number of hydrogen-bond acceptors (Lipinski definition) is 3. The fourth-order valence-corrected chi connectivity index (χ4v) is 3.27. The van der Waals surface area contributed by atoms with Crippen molar-refractivity contribution in [1.29, 1.82) is 5.26 Å². The summed E-state index contributed by atoms with van der Waals surface area (Å²) >= 11 is 1.53. The molecule has 0 aliphatic rings. The number of rotatable bonds is 3. The van der Waals surface area contributed by atoms with Crippen molar-refractivity contribution >= 4 is 17.0 Å². The van der Waals surface area contributed by atoms with E-state index in [-0.39, 0.29) is 5.41 Å². The van der Waals surface area contributed by atoms with E-state index in [9.17, 15) is 5.26 Å². The molecule has 0 saturated heterocycles. The molecule has 1 aromatic carbocycles. The molecular formula is C16H18N2S. The Labute approximate surface area is 118 Å². The van der Waals surface area contributed by atoms with Crippen LogP contribution in [0.1, 0.15) is 36.9 Å². The van der Waals surface area contributed by atoms with Gasteiger partial charge in [-0.15, -0.1) is 11.3 Å². The zero-order valence-corrected chi connectivity index (χ0v) is 12.3. The van der Waals surface area contributed by atoms with Gasteiger partial charge >= 0.3 is 0 Å². The molecule has 0 radical (unpaired) electrons. The van der Waals surface area contributed by atoms with Crippen molar-refractivity contribution in [3.63, 3.8) is 0 Å². The molecule has 0 bridgehead atoms. The van der Waals surface area contributed by atoms with Gasteiger partial charge in [0.25, 0.3) is 0 Å². The highest BCUT2D eigenvalue weighted by Gasteiger charge is 2.28. The Morgan fingerprint density at radius 3 is 2.42 bits per heavy atom. The Hall–Kier alpha value is -1.79. The minimum absolute atomic E-state index is 0.0268. The summed E-state index contributed by atoms with van der Waals surface area (Å²) in [5.74, 6) is 0. The Morgan fingerprint density at radius 1 is 1.26 bits per heavy atom. The second-order valence-corrected chi connectivity index (χ2v) is 6.28. The van der Waals surface area contributed by atoms with Crippen molar-refractivity contribution in [2.45, 2.75) is 32.6 Å². The van der Waals surface area contributed by atoms with Gasteiger partial charge in [-0.05, 0) is 17.4 Å². The summed E-state index contributed by atoms with van der Waals surface area (Å²) in [5, 5.41) is 9.22. The maximum absolute atomic E-state index is 9.22. The molecule has 1 heterocycles. The third kappa shape index (κ3) is 2.36. The Balaban J connectivity index is 2.72. The number of nitriles is 1. The van der Waals surface area contributed by atoms with Gasteiger partial charge in [-0.2, -0.15) is 5.26 Å². The van der Waals surface area contributed by atoms with Crippen molar-refractivity contribution < 1.29 is 0 Å². The zero-order chi connectivity index (χ0) is 14.0. The van der Waals surface area contributed by atoms with E-state index in [0.29, 0.717) is 10.6 Å². The molecule has 98 valence electrons. The summed E-state index contributed by atoms with van der Waals surface area (Å²) in [7, 11) is 0. The van der Waals surface area contributed by atoms with E-state index in [1.54, 1.807) is 0 Å². The molecule has 3 heteroatoms. The first-order valence-electron chi connectivity index (χ1n) is 6.39. The lowest BCUT2D eigenvalue weighted by atomic mass is 9.84. The molecule has 2 nitrogen and oxygen atoms in total. The van der Waals surface area contributed by atoms with Crippen molar-refractivity contribution in [3.8, 4) is 17.2 Å². The first-order chi connectivity index (χ1) is 9.01. The largest absolute Gasteiger partial charge is 0.396 e. The lowest BCUT2D eigenvalue weighted by molar-refractivity contribution is 0.518. The molecule has 0 aliphatic heterocycles. The summed E-state index contributed by atoms with van der Waals surface area (Å²) in [4.78, 5) is 1.82. The average molecular weight is 270 g/mol. The quantitative estimate of drug-likeness (QED) is 0.889. The van der Waals surface area contributed by atoms with E-state index in [1.807, 2.05) is 18.2 Å². The number of benzene rings is 1. The fourth-order valence-electron chi connectivity index (χ4n) is 2.06. The third-order valence-corrected chi connectivity index (χ3v) is 5.08. The predicted molar refractivity (Wildman–Crippen MR) is 82.2 cm³/mol. The van der Waals surface area contributed by atoms with Gasteiger partial charge in [-0.25, -0.2) is 0 Å². The predicted octanol–water partition coefficient (Wildman–Crippen LogP) is 4.56. The Morgan fingerprint density at radius 2 is 1.89 bits per heavy atom.